The lowest BCUT2D eigenvalue weighted by Crippen LogP contribution is -2.46. The van der Waals surface area contributed by atoms with Gasteiger partial charge in [-0.25, -0.2) is 18.6 Å². The van der Waals surface area contributed by atoms with Crippen molar-refractivity contribution < 1.29 is 9.18 Å². The Hall–Kier alpha value is -3.83. The van der Waals surface area contributed by atoms with E-state index in [2.05, 4.69) is 25.8 Å². The second-order valence-corrected chi connectivity index (χ2v) is 9.95. The van der Waals surface area contributed by atoms with E-state index in [1.54, 1.807) is 32.5 Å². The molecule has 1 saturated heterocycles. The van der Waals surface area contributed by atoms with Crippen LogP contribution in [0, 0.1) is 5.92 Å². The second kappa shape index (κ2) is 8.75. The van der Waals surface area contributed by atoms with Crippen molar-refractivity contribution in [2.45, 2.75) is 38.9 Å². The summed E-state index contributed by atoms with van der Waals surface area (Å²) < 4.78 is 20.4. The molecule has 0 radical (unpaired) electrons. The highest BCUT2D eigenvalue weighted by molar-refractivity contribution is 5.91. The standard InChI is InChI=1S/C23H29FN10O/c1-23(2,3)34-14-19(29-30-34)22(35)25-9-15-6-8-32(12-17(15)24)21-20-5-7-26-33(20)13-18(28-21)16-10-27-31(4)11-16/h5,7,10-11,13-15,17H,6,8-9,12H2,1-4H3,(H,25,35)/t15-,17-/m1/s1. The molecule has 0 aromatic carbocycles. The van der Waals surface area contributed by atoms with Crippen molar-refractivity contribution in [2.75, 3.05) is 24.5 Å². The summed E-state index contributed by atoms with van der Waals surface area (Å²) in [6.45, 7) is 6.97. The van der Waals surface area contributed by atoms with E-state index < -0.39 is 6.17 Å². The molecule has 0 aliphatic carbocycles. The van der Waals surface area contributed by atoms with Crippen molar-refractivity contribution in [3.8, 4) is 11.3 Å². The summed E-state index contributed by atoms with van der Waals surface area (Å²) in [5.74, 6) is 0.0463. The first-order valence-corrected chi connectivity index (χ1v) is 11.6. The Morgan fingerprint density at radius 3 is 2.74 bits per heavy atom. The fourth-order valence-corrected chi connectivity index (χ4v) is 4.22. The monoisotopic (exact) mass is 480 g/mol. The molecule has 0 unspecified atom stereocenters. The van der Waals surface area contributed by atoms with Gasteiger partial charge in [0, 0.05) is 37.8 Å². The van der Waals surface area contributed by atoms with Gasteiger partial charge in [0.25, 0.3) is 5.91 Å². The third-order valence-corrected chi connectivity index (χ3v) is 6.28. The van der Waals surface area contributed by atoms with Gasteiger partial charge in [0.2, 0.25) is 0 Å². The number of aromatic nitrogens is 8. The third-order valence-electron chi connectivity index (χ3n) is 6.28. The predicted octanol–water partition coefficient (Wildman–Crippen LogP) is 2.07. The summed E-state index contributed by atoms with van der Waals surface area (Å²) in [5.41, 5.74) is 2.36. The number of fused-ring (bicyclic) bond motifs is 1. The maximum Gasteiger partial charge on any atom is 0.273 e. The first-order chi connectivity index (χ1) is 16.7. The number of anilines is 1. The number of nitrogens with one attached hydrogen (secondary N) is 1. The van der Waals surface area contributed by atoms with Gasteiger partial charge < -0.3 is 10.2 Å². The predicted molar refractivity (Wildman–Crippen MR) is 128 cm³/mol. The summed E-state index contributed by atoms with van der Waals surface area (Å²) in [7, 11) is 1.85. The SMILES string of the molecule is Cn1cc(-c2cn3nccc3c(N3CC[C@H](CNC(=O)c4cn(C(C)(C)C)nn4)[C@H](F)C3)n2)cn1. The van der Waals surface area contributed by atoms with Crippen LogP contribution >= 0.6 is 0 Å². The number of carbonyl (C=O) groups excluding carboxylic acids is 1. The number of amides is 1. The van der Waals surface area contributed by atoms with E-state index in [0.717, 1.165) is 16.8 Å². The number of carbonyl (C=O) groups is 1. The molecule has 12 heteroatoms. The quantitative estimate of drug-likeness (QED) is 0.465. The van der Waals surface area contributed by atoms with Crippen molar-refractivity contribution >= 4 is 17.2 Å². The van der Waals surface area contributed by atoms with E-state index in [0.29, 0.717) is 18.8 Å². The topological polar surface area (TPSA) is 111 Å². The van der Waals surface area contributed by atoms with Crippen LogP contribution in [0.5, 0.6) is 0 Å². The van der Waals surface area contributed by atoms with Crippen LogP contribution in [0.15, 0.2) is 37.1 Å². The van der Waals surface area contributed by atoms with E-state index >= 15 is 4.39 Å². The summed E-state index contributed by atoms with van der Waals surface area (Å²) >= 11 is 0. The van der Waals surface area contributed by atoms with Crippen LogP contribution < -0.4 is 10.2 Å². The van der Waals surface area contributed by atoms with Crippen molar-refractivity contribution in [3.63, 3.8) is 0 Å². The Morgan fingerprint density at radius 1 is 1.23 bits per heavy atom. The van der Waals surface area contributed by atoms with Crippen LogP contribution in [0.3, 0.4) is 0 Å². The highest BCUT2D eigenvalue weighted by Gasteiger charge is 2.31. The van der Waals surface area contributed by atoms with Crippen molar-refractivity contribution in [1.82, 2.24) is 44.7 Å². The lowest BCUT2D eigenvalue weighted by atomic mass is 9.94. The van der Waals surface area contributed by atoms with Gasteiger partial charge in [-0.3, -0.25) is 9.48 Å². The zero-order valence-corrected chi connectivity index (χ0v) is 20.3. The second-order valence-electron chi connectivity index (χ2n) is 9.95. The molecule has 1 N–H and O–H groups in total. The van der Waals surface area contributed by atoms with Gasteiger partial charge in [0.1, 0.15) is 11.7 Å². The lowest BCUT2D eigenvalue weighted by Gasteiger charge is -2.35. The van der Waals surface area contributed by atoms with Crippen LogP contribution in [-0.4, -0.2) is 71.1 Å². The number of hydrogen-bond donors (Lipinski definition) is 1. The van der Waals surface area contributed by atoms with Crippen molar-refractivity contribution in [2.24, 2.45) is 13.0 Å². The fraction of sp³-hybridized carbons (Fsp3) is 0.478. The van der Waals surface area contributed by atoms with Gasteiger partial charge >= 0.3 is 0 Å². The molecule has 4 aromatic rings. The van der Waals surface area contributed by atoms with Gasteiger partial charge in [-0.15, -0.1) is 5.10 Å². The molecular weight excluding hydrogens is 451 g/mol. The van der Waals surface area contributed by atoms with Crippen LogP contribution in [0.25, 0.3) is 16.8 Å². The van der Waals surface area contributed by atoms with Gasteiger partial charge in [0.15, 0.2) is 11.5 Å². The first kappa shape index (κ1) is 22.9. The fourth-order valence-electron chi connectivity index (χ4n) is 4.22. The maximum atomic E-state index is 15.3. The molecule has 2 atom stereocenters. The number of halogens is 1. The minimum absolute atomic E-state index is 0.186. The number of hydrogen-bond acceptors (Lipinski definition) is 7. The molecule has 35 heavy (non-hydrogen) atoms. The number of piperidine rings is 1. The summed E-state index contributed by atoms with van der Waals surface area (Å²) in [6.07, 6.45) is 8.25. The normalized spacial score (nSPS) is 18.8. The molecule has 4 aromatic heterocycles. The molecular formula is C23H29FN10O. The number of nitrogens with zero attached hydrogens (tertiary/aromatic N) is 9. The summed E-state index contributed by atoms with van der Waals surface area (Å²) in [5, 5.41) is 19.4. The number of aryl methyl sites for hydroxylation is 1. The molecule has 1 amide bonds. The van der Waals surface area contributed by atoms with Crippen LogP contribution in [-0.2, 0) is 12.6 Å². The van der Waals surface area contributed by atoms with Crippen molar-refractivity contribution in [1.29, 1.82) is 0 Å². The molecule has 5 heterocycles. The average molecular weight is 481 g/mol. The third kappa shape index (κ3) is 4.60. The summed E-state index contributed by atoms with van der Waals surface area (Å²) in [4.78, 5) is 19.3. The molecule has 5 rings (SSSR count). The zero-order chi connectivity index (χ0) is 24.7. The molecule has 11 nitrogen and oxygen atoms in total. The molecule has 1 aliphatic rings. The average Bonchev–Trinajstić information content (AvgIpc) is 3.57. The molecule has 0 spiro atoms. The van der Waals surface area contributed by atoms with Crippen LogP contribution in [0.1, 0.15) is 37.7 Å². The van der Waals surface area contributed by atoms with Gasteiger partial charge in [0.05, 0.1) is 42.6 Å². The molecule has 1 aliphatic heterocycles. The largest absolute Gasteiger partial charge is 0.352 e. The highest BCUT2D eigenvalue weighted by atomic mass is 19.1. The Morgan fingerprint density at radius 2 is 2.06 bits per heavy atom. The minimum atomic E-state index is -1.12. The minimum Gasteiger partial charge on any atom is -0.352 e. The van der Waals surface area contributed by atoms with Gasteiger partial charge in [-0.1, -0.05) is 5.21 Å². The Kier molecular flexibility index (Phi) is 5.73. The summed E-state index contributed by atoms with van der Waals surface area (Å²) in [6, 6.07) is 1.87. The Bertz CT molecular complexity index is 1350. The van der Waals surface area contributed by atoms with E-state index in [1.165, 1.54) is 0 Å². The maximum absolute atomic E-state index is 15.3. The van der Waals surface area contributed by atoms with Gasteiger partial charge in [-0.2, -0.15) is 10.2 Å². The van der Waals surface area contributed by atoms with E-state index in [9.17, 15) is 4.79 Å². The molecule has 0 saturated carbocycles. The smallest absolute Gasteiger partial charge is 0.273 e. The molecule has 184 valence electrons. The van der Waals surface area contributed by atoms with Crippen LogP contribution in [0.2, 0.25) is 0 Å². The van der Waals surface area contributed by atoms with Crippen molar-refractivity contribution in [3.05, 3.63) is 42.7 Å². The van der Waals surface area contributed by atoms with E-state index in [-0.39, 0.29) is 36.1 Å². The lowest BCUT2D eigenvalue weighted by molar-refractivity contribution is 0.0926. The zero-order valence-electron chi connectivity index (χ0n) is 20.3. The molecule has 0 bridgehead atoms. The van der Waals surface area contributed by atoms with E-state index in [1.807, 2.05) is 51.2 Å². The van der Waals surface area contributed by atoms with Crippen LogP contribution in [0.4, 0.5) is 10.2 Å². The first-order valence-electron chi connectivity index (χ1n) is 11.6. The van der Waals surface area contributed by atoms with Gasteiger partial charge in [-0.05, 0) is 33.3 Å². The number of rotatable bonds is 5. The number of alkyl halides is 1. The highest BCUT2D eigenvalue weighted by Crippen LogP contribution is 2.29. The molecule has 1 fully saturated rings. The Labute approximate surface area is 201 Å². The van der Waals surface area contributed by atoms with E-state index in [4.69, 9.17) is 4.98 Å². The Balaban J connectivity index is 1.27.